The minimum atomic E-state index is -3.66. The number of benzene rings is 2. The first-order chi connectivity index (χ1) is 13.2. The zero-order valence-electron chi connectivity index (χ0n) is 16.1. The fourth-order valence-electron chi connectivity index (χ4n) is 2.71. The number of carbonyl (C=O) groups is 1. The summed E-state index contributed by atoms with van der Waals surface area (Å²) in [6, 6.07) is 11.7. The first kappa shape index (κ1) is 22.0. The smallest absolute Gasteiger partial charge is 0.241 e. The van der Waals surface area contributed by atoms with Crippen LogP contribution in [0.2, 0.25) is 0 Å². The van der Waals surface area contributed by atoms with E-state index in [9.17, 15) is 13.2 Å². The van der Waals surface area contributed by atoms with Crippen LogP contribution in [0.15, 0.2) is 46.9 Å². The summed E-state index contributed by atoms with van der Waals surface area (Å²) in [5.74, 6) is 0.779. The van der Waals surface area contributed by atoms with E-state index in [1.165, 1.54) is 7.11 Å². The summed E-state index contributed by atoms with van der Waals surface area (Å²) in [6.07, 6.45) is 1.06. The van der Waals surface area contributed by atoms with Crippen LogP contribution < -0.4 is 19.1 Å². The molecule has 0 fully saturated rings. The second-order valence-corrected chi connectivity index (χ2v) is 8.88. The predicted molar refractivity (Wildman–Crippen MR) is 112 cm³/mol. The van der Waals surface area contributed by atoms with Gasteiger partial charge in [-0.05, 0) is 53.2 Å². The summed E-state index contributed by atoms with van der Waals surface area (Å²) in [4.78, 5) is 12.6. The van der Waals surface area contributed by atoms with Gasteiger partial charge in [-0.25, -0.2) is 8.42 Å². The fraction of sp³-hybridized carbons (Fsp3) is 0.316. The van der Waals surface area contributed by atoms with Crippen molar-refractivity contribution in [3.8, 4) is 11.5 Å². The lowest BCUT2D eigenvalue weighted by molar-refractivity contribution is -0.120. The number of hydrogen-bond donors (Lipinski definition) is 1. The molecule has 2 aromatic rings. The van der Waals surface area contributed by atoms with Crippen molar-refractivity contribution in [3.05, 3.63) is 52.5 Å². The summed E-state index contributed by atoms with van der Waals surface area (Å²) < 4.78 is 36.7. The monoisotopic (exact) mass is 470 g/mol. The SMILES string of the molecule is COc1ccc(OC)c([C@H](C)NC(=O)CN(c2ccccc2Br)S(C)(=O)=O)c1. The largest absolute Gasteiger partial charge is 0.497 e. The highest BCUT2D eigenvalue weighted by atomic mass is 79.9. The molecule has 9 heteroatoms. The summed E-state index contributed by atoms with van der Waals surface area (Å²) in [5.41, 5.74) is 1.12. The number of anilines is 1. The van der Waals surface area contributed by atoms with E-state index in [0.717, 1.165) is 16.1 Å². The molecule has 2 aromatic carbocycles. The topological polar surface area (TPSA) is 84.9 Å². The van der Waals surface area contributed by atoms with E-state index >= 15 is 0 Å². The van der Waals surface area contributed by atoms with Gasteiger partial charge in [0.15, 0.2) is 0 Å². The Morgan fingerprint density at radius 3 is 2.43 bits per heavy atom. The van der Waals surface area contributed by atoms with Crippen molar-refractivity contribution in [2.45, 2.75) is 13.0 Å². The highest BCUT2D eigenvalue weighted by molar-refractivity contribution is 9.10. The van der Waals surface area contributed by atoms with Gasteiger partial charge in [-0.1, -0.05) is 12.1 Å². The van der Waals surface area contributed by atoms with Gasteiger partial charge in [0.25, 0.3) is 0 Å². The van der Waals surface area contributed by atoms with Crippen LogP contribution in [0.25, 0.3) is 0 Å². The molecular weight excluding hydrogens is 448 g/mol. The van der Waals surface area contributed by atoms with Crippen molar-refractivity contribution in [3.63, 3.8) is 0 Å². The Labute approximate surface area is 173 Å². The van der Waals surface area contributed by atoms with Crippen molar-refractivity contribution >= 4 is 37.5 Å². The molecule has 28 heavy (non-hydrogen) atoms. The van der Waals surface area contributed by atoms with E-state index in [0.29, 0.717) is 21.7 Å². The minimum absolute atomic E-state index is 0.349. The first-order valence-electron chi connectivity index (χ1n) is 8.41. The predicted octanol–water partition coefficient (Wildman–Crippen LogP) is 3.11. The lowest BCUT2D eigenvalue weighted by Crippen LogP contribution is -2.41. The maximum atomic E-state index is 12.6. The Bertz CT molecular complexity index is 949. The molecule has 0 aliphatic carbocycles. The molecule has 0 aliphatic rings. The quantitative estimate of drug-likeness (QED) is 0.640. The van der Waals surface area contributed by atoms with Crippen LogP contribution in [0.4, 0.5) is 5.69 Å². The Kier molecular flexibility index (Phi) is 7.31. The van der Waals surface area contributed by atoms with Gasteiger partial charge in [0.05, 0.1) is 32.2 Å². The number of para-hydroxylation sites is 1. The molecule has 1 N–H and O–H groups in total. The van der Waals surface area contributed by atoms with Crippen LogP contribution in [0, 0.1) is 0 Å². The molecule has 152 valence electrons. The number of nitrogens with zero attached hydrogens (tertiary/aromatic N) is 1. The number of hydrogen-bond acceptors (Lipinski definition) is 5. The average Bonchev–Trinajstić information content (AvgIpc) is 2.65. The van der Waals surface area contributed by atoms with Gasteiger partial charge in [0.2, 0.25) is 15.9 Å². The van der Waals surface area contributed by atoms with Gasteiger partial charge in [-0.3, -0.25) is 9.10 Å². The van der Waals surface area contributed by atoms with E-state index in [4.69, 9.17) is 9.47 Å². The standard InChI is InChI=1S/C19H23BrN2O5S/c1-13(15-11-14(26-2)9-10-18(15)27-3)21-19(23)12-22(28(4,24)25)17-8-6-5-7-16(17)20/h5-11,13H,12H2,1-4H3,(H,21,23)/t13-/m0/s1. The molecule has 0 saturated carbocycles. The zero-order valence-corrected chi connectivity index (χ0v) is 18.5. The normalized spacial score (nSPS) is 12.2. The van der Waals surface area contributed by atoms with Crippen molar-refractivity contribution in [2.24, 2.45) is 0 Å². The molecule has 1 atom stereocenters. The van der Waals surface area contributed by atoms with Gasteiger partial charge in [0.1, 0.15) is 18.0 Å². The van der Waals surface area contributed by atoms with Gasteiger partial charge < -0.3 is 14.8 Å². The average molecular weight is 471 g/mol. The van der Waals surface area contributed by atoms with Crippen molar-refractivity contribution in [2.75, 3.05) is 31.3 Å². The number of halogens is 1. The number of sulfonamides is 1. The van der Waals surface area contributed by atoms with E-state index in [2.05, 4.69) is 21.2 Å². The highest BCUT2D eigenvalue weighted by Gasteiger charge is 2.24. The summed E-state index contributed by atoms with van der Waals surface area (Å²) in [5, 5.41) is 2.82. The molecule has 0 bridgehead atoms. The van der Waals surface area contributed by atoms with Crippen LogP contribution in [0.1, 0.15) is 18.5 Å². The van der Waals surface area contributed by atoms with Gasteiger partial charge >= 0.3 is 0 Å². The van der Waals surface area contributed by atoms with Gasteiger partial charge in [0, 0.05) is 10.0 Å². The van der Waals surface area contributed by atoms with E-state index in [1.807, 2.05) is 0 Å². The summed E-state index contributed by atoms with van der Waals surface area (Å²) in [6.45, 7) is 1.44. The van der Waals surface area contributed by atoms with Crippen molar-refractivity contribution in [1.82, 2.24) is 5.32 Å². The Morgan fingerprint density at radius 2 is 1.86 bits per heavy atom. The molecular formula is C19H23BrN2O5S. The maximum absolute atomic E-state index is 12.6. The van der Waals surface area contributed by atoms with Crippen LogP contribution in [-0.2, 0) is 14.8 Å². The van der Waals surface area contributed by atoms with Crippen LogP contribution in [-0.4, -0.2) is 41.3 Å². The van der Waals surface area contributed by atoms with Crippen molar-refractivity contribution in [1.29, 1.82) is 0 Å². The molecule has 0 unspecified atom stereocenters. The Hall–Kier alpha value is -2.26. The molecule has 7 nitrogen and oxygen atoms in total. The number of ether oxygens (including phenoxy) is 2. The van der Waals surface area contributed by atoms with E-state index in [1.54, 1.807) is 56.5 Å². The van der Waals surface area contributed by atoms with Crippen LogP contribution in [0.3, 0.4) is 0 Å². The number of carbonyl (C=O) groups excluding carboxylic acids is 1. The van der Waals surface area contributed by atoms with E-state index < -0.39 is 22.0 Å². The molecule has 0 spiro atoms. The summed E-state index contributed by atoms with van der Waals surface area (Å²) in [7, 11) is -0.570. The highest BCUT2D eigenvalue weighted by Crippen LogP contribution is 2.30. The minimum Gasteiger partial charge on any atom is -0.497 e. The van der Waals surface area contributed by atoms with Crippen molar-refractivity contribution < 1.29 is 22.7 Å². The Balaban J connectivity index is 2.23. The van der Waals surface area contributed by atoms with Gasteiger partial charge in [-0.2, -0.15) is 0 Å². The Morgan fingerprint density at radius 1 is 1.18 bits per heavy atom. The summed E-state index contributed by atoms with van der Waals surface area (Å²) >= 11 is 3.33. The molecule has 2 rings (SSSR count). The molecule has 0 aromatic heterocycles. The second kappa shape index (κ2) is 9.29. The molecule has 0 radical (unpaired) electrons. The lowest BCUT2D eigenvalue weighted by Gasteiger charge is -2.24. The maximum Gasteiger partial charge on any atom is 0.241 e. The second-order valence-electron chi connectivity index (χ2n) is 6.12. The number of methoxy groups -OCH3 is 2. The number of nitrogens with one attached hydrogen (secondary N) is 1. The molecule has 1 amide bonds. The lowest BCUT2D eigenvalue weighted by atomic mass is 10.1. The number of rotatable bonds is 8. The van der Waals surface area contributed by atoms with Crippen LogP contribution in [0.5, 0.6) is 11.5 Å². The molecule has 0 heterocycles. The third-order valence-corrected chi connectivity index (χ3v) is 5.89. The third kappa shape index (κ3) is 5.39. The third-order valence-electron chi connectivity index (χ3n) is 4.09. The van der Waals surface area contributed by atoms with Crippen LogP contribution >= 0.6 is 15.9 Å². The molecule has 0 aliphatic heterocycles. The van der Waals surface area contributed by atoms with Gasteiger partial charge in [-0.15, -0.1) is 0 Å². The zero-order chi connectivity index (χ0) is 20.9. The molecule has 0 saturated heterocycles. The fourth-order valence-corrected chi connectivity index (χ4v) is 4.19. The van der Waals surface area contributed by atoms with E-state index in [-0.39, 0.29) is 6.54 Å². The number of amides is 1. The first-order valence-corrected chi connectivity index (χ1v) is 11.0.